The van der Waals surface area contributed by atoms with Gasteiger partial charge in [-0.3, -0.25) is 0 Å². The summed E-state index contributed by atoms with van der Waals surface area (Å²) in [7, 11) is 0. The summed E-state index contributed by atoms with van der Waals surface area (Å²) in [5.41, 5.74) is 5.39. The Morgan fingerprint density at radius 1 is 1.03 bits per heavy atom. The summed E-state index contributed by atoms with van der Waals surface area (Å²) in [6.07, 6.45) is 7.02. The first-order valence-electron chi connectivity index (χ1n) is 11.4. The second-order valence-electron chi connectivity index (χ2n) is 8.61. The molecule has 4 heteroatoms. The van der Waals surface area contributed by atoms with Crippen LogP contribution in [0.1, 0.15) is 74.1 Å². The van der Waals surface area contributed by atoms with Crippen LogP contribution in [0.15, 0.2) is 47.2 Å². The molecule has 2 nitrogen and oxygen atoms in total. The SMILES string of the molecule is CCCC/C(C(O)=C1CCC1)=C(\c1ccc(F)cc1C)c1cc2c(cc1F)OCCC2. The molecule has 1 N–H and O–H groups in total. The summed E-state index contributed by atoms with van der Waals surface area (Å²) < 4.78 is 35.0. The van der Waals surface area contributed by atoms with Crippen LogP contribution in [0.2, 0.25) is 0 Å². The van der Waals surface area contributed by atoms with Crippen molar-refractivity contribution in [2.75, 3.05) is 6.61 Å². The van der Waals surface area contributed by atoms with Crippen LogP contribution < -0.4 is 4.74 Å². The van der Waals surface area contributed by atoms with Gasteiger partial charge in [-0.25, -0.2) is 8.78 Å². The Balaban J connectivity index is 2.00. The van der Waals surface area contributed by atoms with Crippen molar-refractivity contribution in [2.45, 2.75) is 65.2 Å². The molecule has 2 aliphatic rings. The molecule has 0 unspecified atom stereocenters. The number of benzene rings is 2. The van der Waals surface area contributed by atoms with E-state index in [1.54, 1.807) is 6.07 Å². The number of aliphatic hydroxyl groups excluding tert-OH is 1. The monoisotopic (exact) mass is 424 g/mol. The van der Waals surface area contributed by atoms with E-state index < -0.39 is 0 Å². The van der Waals surface area contributed by atoms with Gasteiger partial charge in [0.25, 0.3) is 0 Å². The second-order valence-corrected chi connectivity index (χ2v) is 8.61. The number of hydrogen-bond donors (Lipinski definition) is 1. The number of ether oxygens (including phenoxy) is 1. The van der Waals surface area contributed by atoms with E-state index >= 15 is 4.39 Å². The Kier molecular flexibility index (Phi) is 6.45. The molecule has 0 spiro atoms. The molecular formula is C27H30F2O2. The van der Waals surface area contributed by atoms with Crippen LogP contribution in [-0.4, -0.2) is 11.7 Å². The lowest BCUT2D eigenvalue weighted by atomic mass is 9.82. The Bertz CT molecular complexity index is 1040. The molecule has 1 fully saturated rings. The van der Waals surface area contributed by atoms with Crippen LogP contribution in [0, 0.1) is 18.6 Å². The van der Waals surface area contributed by atoms with Crippen molar-refractivity contribution < 1.29 is 18.6 Å². The summed E-state index contributed by atoms with van der Waals surface area (Å²) >= 11 is 0. The van der Waals surface area contributed by atoms with Gasteiger partial charge in [-0.2, -0.15) is 0 Å². The van der Waals surface area contributed by atoms with Crippen molar-refractivity contribution in [1.29, 1.82) is 0 Å². The molecular weight excluding hydrogens is 394 g/mol. The number of rotatable bonds is 6. The van der Waals surface area contributed by atoms with E-state index in [1.165, 1.54) is 18.2 Å². The predicted molar refractivity (Wildman–Crippen MR) is 120 cm³/mol. The predicted octanol–water partition coefficient (Wildman–Crippen LogP) is 7.59. The van der Waals surface area contributed by atoms with E-state index in [2.05, 4.69) is 6.92 Å². The average molecular weight is 425 g/mol. The summed E-state index contributed by atoms with van der Waals surface area (Å²) in [6.45, 7) is 4.54. The Hall–Kier alpha value is -2.62. The minimum absolute atomic E-state index is 0.298. The van der Waals surface area contributed by atoms with Gasteiger partial charge >= 0.3 is 0 Å². The third kappa shape index (κ3) is 4.39. The first-order valence-corrected chi connectivity index (χ1v) is 11.4. The average Bonchev–Trinajstić information content (AvgIpc) is 2.70. The fraction of sp³-hybridized carbons (Fsp3) is 0.407. The minimum Gasteiger partial charge on any atom is -0.508 e. The van der Waals surface area contributed by atoms with E-state index in [0.29, 0.717) is 35.7 Å². The molecule has 1 aliphatic carbocycles. The topological polar surface area (TPSA) is 29.5 Å². The second kappa shape index (κ2) is 9.25. The molecule has 31 heavy (non-hydrogen) atoms. The number of allylic oxidation sites excluding steroid dienone is 2. The molecule has 4 rings (SSSR count). The zero-order valence-electron chi connectivity index (χ0n) is 18.4. The van der Waals surface area contributed by atoms with Gasteiger partial charge in [0.15, 0.2) is 0 Å². The van der Waals surface area contributed by atoms with E-state index in [1.807, 2.05) is 13.0 Å². The van der Waals surface area contributed by atoms with Crippen LogP contribution in [0.3, 0.4) is 0 Å². The maximum Gasteiger partial charge on any atom is 0.134 e. The highest BCUT2D eigenvalue weighted by atomic mass is 19.1. The van der Waals surface area contributed by atoms with Crippen molar-refractivity contribution in [3.05, 3.63) is 81.1 Å². The Morgan fingerprint density at radius 2 is 1.84 bits per heavy atom. The molecule has 0 amide bonds. The molecule has 2 aromatic rings. The summed E-state index contributed by atoms with van der Waals surface area (Å²) in [4.78, 5) is 0. The van der Waals surface area contributed by atoms with Gasteiger partial charge in [0.2, 0.25) is 0 Å². The van der Waals surface area contributed by atoms with Gasteiger partial charge in [0.1, 0.15) is 23.1 Å². The molecule has 2 aromatic carbocycles. The van der Waals surface area contributed by atoms with Crippen LogP contribution in [0.25, 0.3) is 5.57 Å². The zero-order chi connectivity index (χ0) is 22.0. The Labute approximate surface area is 183 Å². The number of unbranched alkanes of at least 4 members (excludes halogenated alkanes) is 1. The van der Waals surface area contributed by atoms with E-state index in [4.69, 9.17) is 4.74 Å². The molecule has 0 aromatic heterocycles. The summed E-state index contributed by atoms with van der Waals surface area (Å²) in [5, 5.41) is 11.2. The summed E-state index contributed by atoms with van der Waals surface area (Å²) in [5.74, 6) is 0.197. The fourth-order valence-corrected chi connectivity index (χ4v) is 4.46. The maximum absolute atomic E-state index is 15.5. The van der Waals surface area contributed by atoms with Crippen molar-refractivity contribution in [3.63, 3.8) is 0 Å². The van der Waals surface area contributed by atoms with E-state index in [0.717, 1.165) is 72.8 Å². The van der Waals surface area contributed by atoms with Crippen molar-refractivity contribution in [1.82, 2.24) is 0 Å². The van der Waals surface area contributed by atoms with Gasteiger partial charge in [-0.05, 0) is 97.9 Å². The first kappa shape index (κ1) is 21.6. The van der Waals surface area contributed by atoms with Gasteiger partial charge in [-0.15, -0.1) is 0 Å². The lowest BCUT2D eigenvalue weighted by Gasteiger charge is -2.25. The third-order valence-corrected chi connectivity index (χ3v) is 6.39. The lowest BCUT2D eigenvalue weighted by molar-refractivity contribution is 0.286. The number of fused-ring (bicyclic) bond motifs is 1. The number of halogens is 2. The van der Waals surface area contributed by atoms with Gasteiger partial charge in [0, 0.05) is 17.2 Å². The van der Waals surface area contributed by atoms with Crippen LogP contribution in [0.5, 0.6) is 5.75 Å². The van der Waals surface area contributed by atoms with Crippen LogP contribution in [0.4, 0.5) is 8.78 Å². The fourth-order valence-electron chi connectivity index (χ4n) is 4.46. The third-order valence-electron chi connectivity index (χ3n) is 6.39. The standard InChI is InChI=1S/C27H30F2O2/c1-3-4-10-22(27(30)18-7-5-8-18)26(21-12-11-20(28)14-17(21)2)23-15-19-9-6-13-31-25(19)16-24(23)29/h11-12,14-16,30H,3-10,13H2,1-2H3/b26-22-. The maximum atomic E-state index is 15.5. The van der Waals surface area contributed by atoms with Crippen LogP contribution in [-0.2, 0) is 6.42 Å². The smallest absolute Gasteiger partial charge is 0.134 e. The molecule has 1 heterocycles. The molecule has 0 radical (unpaired) electrons. The molecule has 1 aliphatic heterocycles. The first-order chi connectivity index (χ1) is 15.0. The molecule has 164 valence electrons. The van der Waals surface area contributed by atoms with Gasteiger partial charge in [-0.1, -0.05) is 19.4 Å². The van der Waals surface area contributed by atoms with E-state index in [-0.39, 0.29) is 11.6 Å². The normalized spacial score (nSPS) is 16.2. The van der Waals surface area contributed by atoms with E-state index in [9.17, 15) is 9.50 Å². The van der Waals surface area contributed by atoms with Gasteiger partial charge < -0.3 is 9.84 Å². The van der Waals surface area contributed by atoms with Crippen LogP contribution >= 0.6 is 0 Å². The molecule has 0 bridgehead atoms. The van der Waals surface area contributed by atoms with Crippen molar-refractivity contribution in [3.8, 4) is 5.75 Å². The molecule has 0 atom stereocenters. The van der Waals surface area contributed by atoms with Gasteiger partial charge in [0.05, 0.1) is 6.61 Å². The highest BCUT2D eigenvalue weighted by molar-refractivity contribution is 5.86. The molecule has 1 saturated carbocycles. The quantitative estimate of drug-likeness (QED) is 0.484. The van der Waals surface area contributed by atoms with Crippen molar-refractivity contribution >= 4 is 5.57 Å². The Morgan fingerprint density at radius 3 is 2.52 bits per heavy atom. The number of aliphatic hydroxyl groups is 1. The highest BCUT2D eigenvalue weighted by Gasteiger charge is 2.25. The number of hydrogen-bond acceptors (Lipinski definition) is 2. The number of aryl methyl sites for hydroxylation is 2. The summed E-state index contributed by atoms with van der Waals surface area (Å²) in [6, 6.07) is 7.92. The van der Waals surface area contributed by atoms with Crippen molar-refractivity contribution in [2.24, 2.45) is 0 Å². The minimum atomic E-state index is -0.375. The lowest BCUT2D eigenvalue weighted by Crippen LogP contribution is -2.11. The highest BCUT2D eigenvalue weighted by Crippen LogP contribution is 2.41. The molecule has 0 saturated heterocycles. The zero-order valence-corrected chi connectivity index (χ0v) is 18.4. The largest absolute Gasteiger partial charge is 0.508 e.